The first-order chi connectivity index (χ1) is 18.2. The molecule has 8 nitrogen and oxygen atoms in total. The Kier molecular flexibility index (Phi) is 9.81. The lowest BCUT2D eigenvalue weighted by Crippen LogP contribution is -2.35. The Morgan fingerprint density at radius 3 is 2.18 bits per heavy atom. The minimum absolute atomic E-state index is 0.0337. The van der Waals surface area contributed by atoms with E-state index in [4.69, 9.17) is 16.3 Å². The van der Waals surface area contributed by atoms with Crippen LogP contribution in [0, 0.1) is 6.92 Å². The number of halogens is 1. The van der Waals surface area contributed by atoms with E-state index in [1.165, 1.54) is 38.6 Å². The summed E-state index contributed by atoms with van der Waals surface area (Å²) in [6, 6.07) is 19.9. The summed E-state index contributed by atoms with van der Waals surface area (Å²) in [5.41, 5.74) is 2.12. The average molecular weight is 555 g/mol. The van der Waals surface area contributed by atoms with Gasteiger partial charge in [-0.3, -0.25) is 14.1 Å². The van der Waals surface area contributed by atoms with Crippen molar-refractivity contribution in [3.8, 4) is 0 Å². The lowest BCUT2D eigenvalue weighted by atomic mass is 10.1. The molecule has 10 heteroatoms. The summed E-state index contributed by atoms with van der Waals surface area (Å²) in [5, 5.41) is 0.386. The molecule has 198 valence electrons. The van der Waals surface area contributed by atoms with Gasteiger partial charge in [-0.25, -0.2) is 13.2 Å². The maximum Gasteiger partial charge on any atom is 0.335 e. The van der Waals surface area contributed by atoms with E-state index in [-0.39, 0.29) is 29.2 Å². The van der Waals surface area contributed by atoms with Crippen LogP contribution in [0.3, 0.4) is 0 Å². The molecule has 0 saturated heterocycles. The minimum Gasteiger partial charge on any atom is -0.468 e. The topological polar surface area (TPSA) is 102 Å². The fraction of sp³-hybridized carbons (Fsp3) is 0.179. The number of ether oxygens (including phenoxy) is 2. The molecule has 0 heterocycles. The fourth-order valence-electron chi connectivity index (χ4n) is 3.48. The number of aliphatic imine (C=N–C) groups is 1. The van der Waals surface area contributed by atoms with E-state index in [0.29, 0.717) is 16.1 Å². The number of para-hydroxylation sites is 1. The second-order valence-corrected chi connectivity index (χ2v) is 10.4. The molecule has 0 bridgehead atoms. The van der Waals surface area contributed by atoms with Gasteiger partial charge in [0.2, 0.25) is 0 Å². The lowest BCUT2D eigenvalue weighted by molar-refractivity contribution is -0.139. The quantitative estimate of drug-likeness (QED) is 0.205. The van der Waals surface area contributed by atoms with Crippen LogP contribution in [0.5, 0.6) is 0 Å². The van der Waals surface area contributed by atoms with E-state index in [0.717, 1.165) is 9.87 Å². The highest BCUT2D eigenvalue weighted by molar-refractivity contribution is 7.92. The second kappa shape index (κ2) is 13.0. The van der Waals surface area contributed by atoms with Gasteiger partial charge in [-0.2, -0.15) is 0 Å². The SMILES string of the molecule is COC(=O)CN=Cc1ccccc1N(C/C(=C/c1ccccc1Cl)C(=O)OC)S(=O)(=O)c1ccc(C)cc1. The molecule has 3 aromatic rings. The van der Waals surface area contributed by atoms with E-state index in [2.05, 4.69) is 9.73 Å². The molecule has 0 amide bonds. The maximum absolute atomic E-state index is 14.0. The van der Waals surface area contributed by atoms with Crippen LogP contribution < -0.4 is 4.31 Å². The van der Waals surface area contributed by atoms with Gasteiger partial charge in [0.05, 0.1) is 36.9 Å². The van der Waals surface area contributed by atoms with E-state index in [9.17, 15) is 18.0 Å². The Morgan fingerprint density at radius 1 is 0.921 bits per heavy atom. The van der Waals surface area contributed by atoms with Gasteiger partial charge < -0.3 is 9.47 Å². The van der Waals surface area contributed by atoms with Crippen LogP contribution in [0.2, 0.25) is 5.02 Å². The minimum atomic E-state index is -4.18. The molecular weight excluding hydrogens is 528 g/mol. The monoisotopic (exact) mass is 554 g/mol. The molecule has 3 rings (SSSR count). The zero-order valence-electron chi connectivity index (χ0n) is 21.1. The summed E-state index contributed by atoms with van der Waals surface area (Å²) in [4.78, 5) is 28.5. The van der Waals surface area contributed by atoms with Gasteiger partial charge in [0.1, 0.15) is 6.54 Å². The van der Waals surface area contributed by atoms with Crippen molar-refractivity contribution >= 4 is 51.5 Å². The number of hydrogen-bond donors (Lipinski definition) is 0. The Hall–Kier alpha value is -3.95. The molecule has 0 aliphatic rings. The van der Waals surface area contributed by atoms with Crippen LogP contribution in [0.15, 0.2) is 88.3 Å². The predicted octanol–water partition coefficient (Wildman–Crippen LogP) is 4.69. The Morgan fingerprint density at radius 2 is 1.55 bits per heavy atom. The van der Waals surface area contributed by atoms with E-state index in [1.807, 2.05) is 6.92 Å². The number of aryl methyl sites for hydroxylation is 1. The third-order valence-corrected chi connectivity index (χ3v) is 7.61. The van der Waals surface area contributed by atoms with Crippen molar-refractivity contribution < 1.29 is 27.5 Å². The van der Waals surface area contributed by atoms with Crippen LogP contribution in [-0.2, 0) is 29.1 Å². The molecule has 0 aromatic heterocycles. The Labute approximate surface area is 227 Å². The van der Waals surface area contributed by atoms with Crippen LogP contribution >= 0.6 is 11.6 Å². The van der Waals surface area contributed by atoms with Gasteiger partial charge in [-0.05, 0) is 42.8 Å². The number of rotatable bonds is 10. The van der Waals surface area contributed by atoms with E-state index in [1.54, 1.807) is 60.7 Å². The summed E-state index contributed by atoms with van der Waals surface area (Å²) in [6.07, 6.45) is 2.89. The zero-order chi connectivity index (χ0) is 27.7. The van der Waals surface area contributed by atoms with Crippen molar-refractivity contribution in [2.24, 2.45) is 4.99 Å². The molecule has 3 aromatic carbocycles. The number of nitrogens with zero attached hydrogens (tertiary/aromatic N) is 2. The predicted molar refractivity (Wildman–Crippen MR) is 148 cm³/mol. The van der Waals surface area contributed by atoms with E-state index < -0.39 is 22.0 Å². The van der Waals surface area contributed by atoms with Crippen molar-refractivity contribution in [2.75, 3.05) is 31.6 Å². The number of carbonyl (C=O) groups is 2. The van der Waals surface area contributed by atoms with Gasteiger partial charge in [0, 0.05) is 16.8 Å². The van der Waals surface area contributed by atoms with Crippen LogP contribution in [-0.4, -0.2) is 53.9 Å². The molecular formula is C28H27ClN2O6S. The standard InChI is InChI=1S/C28H27ClN2O6S/c1-20-12-14-24(15-13-20)38(34,35)31(26-11-7-5-9-22(26)17-30-18-27(32)36-2)19-23(28(33)37-3)16-21-8-4-6-10-25(21)29/h4-17H,18-19H2,1-3H3/b23-16-,30-17?. The maximum atomic E-state index is 14.0. The Bertz CT molecular complexity index is 1470. The first-order valence-corrected chi connectivity index (χ1v) is 13.3. The molecule has 0 unspecified atom stereocenters. The van der Waals surface area contributed by atoms with Crippen molar-refractivity contribution in [3.05, 3.63) is 100 Å². The van der Waals surface area contributed by atoms with Crippen LogP contribution in [0.25, 0.3) is 6.08 Å². The molecule has 0 saturated carbocycles. The number of hydrogen-bond acceptors (Lipinski definition) is 7. The number of benzene rings is 3. The molecule has 0 radical (unpaired) electrons. The highest BCUT2D eigenvalue weighted by Gasteiger charge is 2.29. The summed E-state index contributed by atoms with van der Waals surface area (Å²) in [5.74, 6) is -1.26. The van der Waals surface area contributed by atoms with Gasteiger partial charge in [0.15, 0.2) is 0 Å². The van der Waals surface area contributed by atoms with E-state index >= 15 is 0 Å². The van der Waals surface area contributed by atoms with Crippen LogP contribution in [0.1, 0.15) is 16.7 Å². The highest BCUT2D eigenvalue weighted by Crippen LogP contribution is 2.29. The summed E-state index contributed by atoms with van der Waals surface area (Å²) in [6.45, 7) is 1.24. The molecule has 0 aliphatic carbocycles. The molecule has 0 spiro atoms. The first-order valence-electron chi connectivity index (χ1n) is 11.5. The second-order valence-electron chi connectivity index (χ2n) is 8.11. The van der Waals surface area contributed by atoms with Gasteiger partial charge >= 0.3 is 11.9 Å². The largest absolute Gasteiger partial charge is 0.468 e. The van der Waals surface area contributed by atoms with Crippen molar-refractivity contribution in [1.82, 2.24) is 0 Å². The third kappa shape index (κ3) is 7.08. The fourth-order valence-corrected chi connectivity index (χ4v) is 5.14. The van der Waals surface area contributed by atoms with Gasteiger partial charge in [-0.15, -0.1) is 0 Å². The van der Waals surface area contributed by atoms with Crippen molar-refractivity contribution in [2.45, 2.75) is 11.8 Å². The summed E-state index contributed by atoms with van der Waals surface area (Å²) in [7, 11) is -1.71. The Balaban J connectivity index is 2.18. The molecule has 0 atom stereocenters. The summed E-state index contributed by atoms with van der Waals surface area (Å²) >= 11 is 6.31. The van der Waals surface area contributed by atoms with Crippen LogP contribution in [0.4, 0.5) is 5.69 Å². The number of sulfonamides is 1. The number of esters is 2. The third-order valence-electron chi connectivity index (χ3n) is 5.49. The lowest BCUT2D eigenvalue weighted by Gasteiger charge is -2.27. The molecule has 38 heavy (non-hydrogen) atoms. The highest BCUT2D eigenvalue weighted by atomic mass is 35.5. The average Bonchev–Trinajstić information content (AvgIpc) is 2.92. The normalized spacial score (nSPS) is 11.8. The van der Waals surface area contributed by atoms with Gasteiger partial charge in [0.25, 0.3) is 10.0 Å². The molecule has 0 fully saturated rings. The number of carbonyl (C=O) groups excluding carboxylic acids is 2. The first kappa shape index (κ1) is 28.6. The van der Waals surface area contributed by atoms with Crippen molar-refractivity contribution in [3.63, 3.8) is 0 Å². The molecule has 0 N–H and O–H groups in total. The smallest absolute Gasteiger partial charge is 0.335 e. The summed E-state index contributed by atoms with van der Waals surface area (Å²) < 4.78 is 38.7. The van der Waals surface area contributed by atoms with Gasteiger partial charge in [-0.1, -0.05) is 65.7 Å². The number of anilines is 1. The zero-order valence-corrected chi connectivity index (χ0v) is 22.7. The molecule has 0 aliphatic heterocycles. The van der Waals surface area contributed by atoms with Crippen molar-refractivity contribution in [1.29, 1.82) is 0 Å². The number of methoxy groups -OCH3 is 2.